The lowest BCUT2D eigenvalue weighted by Gasteiger charge is -2.34. The van der Waals surface area contributed by atoms with Gasteiger partial charge in [0.05, 0.1) is 17.6 Å². The van der Waals surface area contributed by atoms with Gasteiger partial charge < -0.3 is 9.88 Å². The molecule has 1 fully saturated rings. The molecule has 3 heterocycles. The standard InChI is InChI=1S/C23H25N7OS/c1-16-24-21(28-27-16)14-29-10-12-30(13-11-29)22(31)18-7-3-2-6-17(18)15-32-23-25-19-8-4-5-9-20(19)26-23/h2-9H,10-15H2,1H3,(H,25,26)(H,24,27,28). The van der Waals surface area contributed by atoms with Crippen molar-refractivity contribution in [2.24, 2.45) is 0 Å². The molecule has 2 aromatic carbocycles. The smallest absolute Gasteiger partial charge is 0.254 e. The molecule has 0 saturated carbocycles. The molecule has 2 aromatic heterocycles. The lowest BCUT2D eigenvalue weighted by atomic mass is 10.1. The van der Waals surface area contributed by atoms with E-state index in [9.17, 15) is 4.79 Å². The summed E-state index contributed by atoms with van der Waals surface area (Å²) < 4.78 is 0. The largest absolute Gasteiger partial charge is 0.336 e. The Hall–Kier alpha value is -3.17. The number of rotatable bonds is 6. The number of para-hydroxylation sites is 2. The molecule has 164 valence electrons. The van der Waals surface area contributed by atoms with Gasteiger partial charge in [-0.1, -0.05) is 42.1 Å². The van der Waals surface area contributed by atoms with Gasteiger partial charge in [0, 0.05) is 37.5 Å². The van der Waals surface area contributed by atoms with E-state index in [1.54, 1.807) is 11.8 Å². The zero-order chi connectivity index (χ0) is 21.9. The third kappa shape index (κ3) is 4.53. The van der Waals surface area contributed by atoms with Crippen LogP contribution in [0.3, 0.4) is 0 Å². The number of thioether (sulfide) groups is 1. The van der Waals surface area contributed by atoms with E-state index in [0.717, 1.165) is 52.1 Å². The second-order valence-electron chi connectivity index (χ2n) is 7.91. The van der Waals surface area contributed by atoms with Gasteiger partial charge in [-0.25, -0.2) is 9.97 Å². The summed E-state index contributed by atoms with van der Waals surface area (Å²) >= 11 is 1.62. The van der Waals surface area contributed by atoms with Gasteiger partial charge in [0.1, 0.15) is 5.82 Å². The minimum absolute atomic E-state index is 0.0965. The van der Waals surface area contributed by atoms with Gasteiger partial charge in [0.25, 0.3) is 5.91 Å². The zero-order valence-electron chi connectivity index (χ0n) is 17.9. The van der Waals surface area contributed by atoms with E-state index in [4.69, 9.17) is 0 Å². The second-order valence-corrected chi connectivity index (χ2v) is 8.87. The number of aromatic nitrogens is 5. The van der Waals surface area contributed by atoms with Crippen LogP contribution in [0.15, 0.2) is 53.7 Å². The molecule has 0 aliphatic carbocycles. The third-order valence-corrected chi connectivity index (χ3v) is 6.57. The Morgan fingerprint density at radius 2 is 1.81 bits per heavy atom. The number of nitrogens with zero attached hydrogens (tertiary/aromatic N) is 5. The fraction of sp³-hybridized carbons (Fsp3) is 0.304. The van der Waals surface area contributed by atoms with Crippen LogP contribution in [0.5, 0.6) is 0 Å². The maximum atomic E-state index is 13.3. The Labute approximate surface area is 190 Å². The van der Waals surface area contributed by atoms with E-state index < -0.39 is 0 Å². The molecule has 0 spiro atoms. The number of amides is 1. The number of piperazine rings is 1. The van der Waals surface area contributed by atoms with Gasteiger partial charge in [-0.15, -0.1) is 0 Å². The first-order chi connectivity index (χ1) is 15.7. The first kappa shape index (κ1) is 20.7. The number of carbonyl (C=O) groups excluding carboxylic acids is 1. The molecule has 0 bridgehead atoms. The summed E-state index contributed by atoms with van der Waals surface area (Å²) in [5.41, 5.74) is 3.78. The normalized spacial score (nSPS) is 14.8. The Morgan fingerprint density at radius 1 is 1.03 bits per heavy atom. The van der Waals surface area contributed by atoms with E-state index in [-0.39, 0.29) is 5.91 Å². The zero-order valence-corrected chi connectivity index (χ0v) is 18.7. The van der Waals surface area contributed by atoms with Crippen LogP contribution in [0.25, 0.3) is 11.0 Å². The number of nitrogens with one attached hydrogen (secondary N) is 2. The Kier molecular flexibility index (Phi) is 5.91. The highest BCUT2D eigenvalue weighted by atomic mass is 32.2. The van der Waals surface area contributed by atoms with Crippen LogP contribution < -0.4 is 0 Å². The molecule has 8 nitrogen and oxygen atoms in total. The van der Waals surface area contributed by atoms with E-state index in [1.807, 2.05) is 60.4 Å². The Morgan fingerprint density at radius 3 is 2.59 bits per heavy atom. The van der Waals surface area contributed by atoms with Gasteiger partial charge in [-0.3, -0.25) is 14.8 Å². The van der Waals surface area contributed by atoms with Crippen LogP contribution >= 0.6 is 11.8 Å². The summed E-state index contributed by atoms with van der Waals surface area (Å²) in [5, 5.41) is 7.96. The molecule has 1 amide bonds. The summed E-state index contributed by atoms with van der Waals surface area (Å²) in [5.74, 6) is 2.41. The number of hydrogen-bond acceptors (Lipinski definition) is 6. The van der Waals surface area contributed by atoms with Gasteiger partial charge in [0.2, 0.25) is 0 Å². The van der Waals surface area contributed by atoms with E-state index in [1.165, 1.54) is 0 Å². The fourth-order valence-corrected chi connectivity index (χ4v) is 4.83. The highest BCUT2D eigenvalue weighted by Crippen LogP contribution is 2.25. The molecule has 2 N–H and O–H groups in total. The maximum absolute atomic E-state index is 13.3. The van der Waals surface area contributed by atoms with E-state index in [0.29, 0.717) is 25.4 Å². The van der Waals surface area contributed by atoms with Crippen molar-refractivity contribution >= 4 is 28.7 Å². The minimum atomic E-state index is 0.0965. The molecule has 1 aliphatic heterocycles. The molecular formula is C23H25N7OS. The van der Waals surface area contributed by atoms with E-state index in [2.05, 4.69) is 30.0 Å². The first-order valence-corrected chi connectivity index (χ1v) is 11.7. The number of aryl methyl sites for hydroxylation is 1. The average molecular weight is 448 g/mol. The number of benzene rings is 2. The summed E-state index contributed by atoms with van der Waals surface area (Å²) in [6.07, 6.45) is 0. The highest BCUT2D eigenvalue weighted by Gasteiger charge is 2.24. The number of aromatic amines is 2. The number of H-pyrrole nitrogens is 2. The topological polar surface area (TPSA) is 93.8 Å². The number of hydrogen-bond donors (Lipinski definition) is 2. The van der Waals surface area contributed by atoms with Crippen LogP contribution in [0.2, 0.25) is 0 Å². The van der Waals surface area contributed by atoms with Crippen LogP contribution in [0, 0.1) is 6.92 Å². The summed E-state index contributed by atoms with van der Waals surface area (Å²) in [7, 11) is 0. The van der Waals surface area contributed by atoms with Gasteiger partial charge >= 0.3 is 0 Å². The van der Waals surface area contributed by atoms with Crippen molar-refractivity contribution in [3.05, 3.63) is 71.3 Å². The number of fused-ring (bicyclic) bond motifs is 1. The molecule has 0 radical (unpaired) electrons. The van der Waals surface area contributed by atoms with Crippen LogP contribution in [-0.2, 0) is 12.3 Å². The first-order valence-electron chi connectivity index (χ1n) is 10.7. The van der Waals surface area contributed by atoms with Crippen molar-refractivity contribution in [2.75, 3.05) is 26.2 Å². The quantitative estimate of drug-likeness (QED) is 0.441. The lowest BCUT2D eigenvalue weighted by Crippen LogP contribution is -2.48. The van der Waals surface area contributed by atoms with Crippen molar-refractivity contribution in [1.82, 2.24) is 34.9 Å². The molecule has 0 unspecified atom stereocenters. The van der Waals surface area contributed by atoms with Crippen LogP contribution in [-0.4, -0.2) is 67.0 Å². The van der Waals surface area contributed by atoms with Crippen LogP contribution in [0.1, 0.15) is 27.6 Å². The highest BCUT2D eigenvalue weighted by molar-refractivity contribution is 7.98. The fourth-order valence-electron chi connectivity index (χ4n) is 3.94. The second kappa shape index (κ2) is 9.13. The Bertz CT molecular complexity index is 1190. The SMILES string of the molecule is Cc1nc(CN2CCN(C(=O)c3ccccc3CSc3nc4ccccc4[nH]3)CC2)n[nH]1. The van der Waals surface area contributed by atoms with Gasteiger partial charge in [-0.2, -0.15) is 5.10 Å². The summed E-state index contributed by atoms with van der Waals surface area (Å²) in [6, 6.07) is 15.9. The van der Waals surface area contributed by atoms with Gasteiger partial charge in [0.15, 0.2) is 11.0 Å². The van der Waals surface area contributed by atoms with E-state index >= 15 is 0 Å². The molecule has 1 saturated heterocycles. The monoisotopic (exact) mass is 447 g/mol. The molecule has 32 heavy (non-hydrogen) atoms. The molecular weight excluding hydrogens is 422 g/mol. The predicted molar refractivity (Wildman–Crippen MR) is 124 cm³/mol. The maximum Gasteiger partial charge on any atom is 0.254 e. The minimum Gasteiger partial charge on any atom is -0.336 e. The average Bonchev–Trinajstić information content (AvgIpc) is 3.43. The number of carbonyl (C=O) groups is 1. The molecule has 5 rings (SSSR count). The van der Waals surface area contributed by atoms with Crippen molar-refractivity contribution < 1.29 is 4.79 Å². The lowest BCUT2D eigenvalue weighted by molar-refractivity contribution is 0.0624. The van der Waals surface area contributed by atoms with Crippen molar-refractivity contribution in [1.29, 1.82) is 0 Å². The predicted octanol–water partition coefficient (Wildman–Crippen LogP) is 3.24. The summed E-state index contributed by atoms with van der Waals surface area (Å²) in [6.45, 7) is 5.64. The molecule has 9 heteroatoms. The summed E-state index contributed by atoms with van der Waals surface area (Å²) in [4.78, 5) is 29.9. The van der Waals surface area contributed by atoms with Crippen molar-refractivity contribution in [3.8, 4) is 0 Å². The molecule has 1 aliphatic rings. The van der Waals surface area contributed by atoms with Crippen molar-refractivity contribution in [2.45, 2.75) is 24.4 Å². The molecule has 0 atom stereocenters. The van der Waals surface area contributed by atoms with Crippen molar-refractivity contribution in [3.63, 3.8) is 0 Å². The molecule has 4 aromatic rings. The van der Waals surface area contributed by atoms with Crippen LogP contribution in [0.4, 0.5) is 0 Å². The third-order valence-electron chi connectivity index (χ3n) is 5.65. The van der Waals surface area contributed by atoms with Gasteiger partial charge in [-0.05, 0) is 30.7 Å². The Balaban J connectivity index is 1.21. The number of imidazole rings is 1.